The Morgan fingerprint density at radius 3 is 1.81 bits per heavy atom. The third-order valence-corrected chi connectivity index (χ3v) is 7.26. The zero-order valence-electron chi connectivity index (χ0n) is 22.9. The molecule has 0 bridgehead atoms. The van der Waals surface area contributed by atoms with E-state index in [1.807, 2.05) is 18.2 Å². The van der Waals surface area contributed by atoms with Gasteiger partial charge in [-0.05, 0) is 87.7 Å². The quantitative estimate of drug-likeness (QED) is 0.0613. The molecule has 1 heterocycles. The minimum absolute atomic E-state index is 0. The fourth-order valence-corrected chi connectivity index (χ4v) is 3.24. The monoisotopic (exact) mass is 710 g/mol. The number of nitrogens with zero attached hydrogens (tertiary/aromatic N) is 1. The number of halogens is 2. The lowest BCUT2D eigenvalue weighted by Gasteiger charge is -2.17. The van der Waals surface area contributed by atoms with Gasteiger partial charge in [-0.15, -0.1) is 0 Å². The number of phenols is 2. The number of fused-ring (bicyclic) bond motifs is 1. The highest BCUT2D eigenvalue weighted by atomic mass is 79.9. The molecule has 10 nitrogen and oxygen atoms in total. The number of phenolic OH excluding ortho intramolecular Hbond substituents is 2. The lowest BCUT2D eigenvalue weighted by Crippen LogP contribution is -2.09. The topological polar surface area (TPSA) is 170 Å². The van der Waals surface area contributed by atoms with Crippen LogP contribution in [0.25, 0.3) is 0 Å². The SMILES string of the molecule is BrCCBr.C.CC(=O)c1ccc(O)c(N)c1.CC(=O)c1ccc(O)c([N+](=O)[O-])c1.CC(=O)c1ccc2c(c1)CCCO2. The first-order chi connectivity index (χ1) is 19.3. The van der Waals surface area contributed by atoms with E-state index in [1.165, 1.54) is 43.7 Å². The van der Waals surface area contributed by atoms with E-state index in [-0.39, 0.29) is 41.8 Å². The maximum atomic E-state index is 11.1. The number of Topliss-reactive ketones (excluding diaryl/α,β-unsaturated/α-hetero) is 3. The van der Waals surface area contributed by atoms with Crippen LogP contribution in [0.1, 0.15) is 71.3 Å². The van der Waals surface area contributed by atoms with Gasteiger partial charge in [0, 0.05) is 33.4 Å². The number of carbonyl (C=O) groups is 3. The Bertz CT molecular complexity index is 1380. The third kappa shape index (κ3) is 12.8. The van der Waals surface area contributed by atoms with Crippen LogP contribution in [-0.4, -0.2) is 49.8 Å². The molecule has 0 spiro atoms. The van der Waals surface area contributed by atoms with E-state index in [1.54, 1.807) is 6.92 Å². The molecule has 0 aliphatic carbocycles. The second kappa shape index (κ2) is 19.4. The summed E-state index contributed by atoms with van der Waals surface area (Å²) in [6, 6.07) is 13.6. The van der Waals surface area contributed by atoms with Crippen LogP contribution < -0.4 is 10.5 Å². The number of aryl methyl sites for hydroxylation is 1. The number of benzene rings is 3. The first-order valence-electron chi connectivity index (χ1n) is 12.3. The van der Waals surface area contributed by atoms with Crippen molar-refractivity contribution in [3.05, 3.63) is 87.0 Å². The van der Waals surface area contributed by atoms with Crippen LogP contribution in [0.2, 0.25) is 0 Å². The maximum absolute atomic E-state index is 11.1. The second-order valence-corrected chi connectivity index (χ2v) is 10.1. The van der Waals surface area contributed by atoms with Crippen molar-refractivity contribution in [2.75, 3.05) is 23.0 Å². The number of carbonyl (C=O) groups excluding carboxylic acids is 3. The molecular weight excluding hydrogens is 676 g/mol. The van der Waals surface area contributed by atoms with Gasteiger partial charge in [0.05, 0.1) is 17.2 Å². The van der Waals surface area contributed by atoms with Gasteiger partial charge < -0.3 is 20.7 Å². The van der Waals surface area contributed by atoms with E-state index >= 15 is 0 Å². The number of alkyl halides is 2. The first-order valence-corrected chi connectivity index (χ1v) is 14.5. The molecule has 0 saturated heterocycles. The molecule has 0 saturated carbocycles. The predicted molar refractivity (Wildman–Crippen MR) is 172 cm³/mol. The average molecular weight is 712 g/mol. The van der Waals surface area contributed by atoms with Crippen molar-refractivity contribution in [2.24, 2.45) is 0 Å². The van der Waals surface area contributed by atoms with E-state index in [4.69, 9.17) is 20.7 Å². The van der Waals surface area contributed by atoms with Crippen molar-refractivity contribution in [1.29, 1.82) is 0 Å². The van der Waals surface area contributed by atoms with Gasteiger partial charge in [-0.1, -0.05) is 39.3 Å². The molecule has 0 atom stereocenters. The van der Waals surface area contributed by atoms with Crippen LogP contribution >= 0.6 is 31.9 Å². The molecule has 228 valence electrons. The van der Waals surface area contributed by atoms with E-state index in [0.29, 0.717) is 5.56 Å². The lowest BCUT2D eigenvalue weighted by molar-refractivity contribution is -0.385. The Balaban J connectivity index is 0.000000560. The average Bonchev–Trinajstić information content (AvgIpc) is 2.94. The molecule has 0 amide bonds. The smallest absolute Gasteiger partial charge is 0.311 e. The number of aromatic hydroxyl groups is 2. The number of nitro groups is 1. The van der Waals surface area contributed by atoms with E-state index < -0.39 is 16.4 Å². The summed E-state index contributed by atoms with van der Waals surface area (Å²) in [5, 5.41) is 30.5. The zero-order valence-corrected chi connectivity index (χ0v) is 26.0. The minimum Gasteiger partial charge on any atom is -0.506 e. The van der Waals surface area contributed by atoms with Crippen LogP contribution in [-0.2, 0) is 6.42 Å². The van der Waals surface area contributed by atoms with Gasteiger partial charge in [-0.3, -0.25) is 24.5 Å². The van der Waals surface area contributed by atoms with Gasteiger partial charge >= 0.3 is 5.69 Å². The van der Waals surface area contributed by atoms with E-state index in [9.17, 15) is 24.5 Å². The van der Waals surface area contributed by atoms with E-state index in [2.05, 4.69) is 31.9 Å². The summed E-state index contributed by atoms with van der Waals surface area (Å²) in [5.74, 6) is 0.300. The number of anilines is 1. The minimum atomic E-state index is -0.734. The van der Waals surface area contributed by atoms with Crippen LogP contribution in [0.15, 0.2) is 54.6 Å². The number of nitro benzene ring substituents is 1. The third-order valence-electron chi connectivity index (χ3n) is 5.40. The molecular formula is C30H36Br2N2O8. The molecule has 0 radical (unpaired) electrons. The van der Waals surface area contributed by atoms with Crippen LogP contribution in [0.4, 0.5) is 11.4 Å². The van der Waals surface area contributed by atoms with Crippen molar-refractivity contribution < 1.29 is 34.3 Å². The van der Waals surface area contributed by atoms with Gasteiger partial charge in [-0.25, -0.2) is 0 Å². The molecule has 4 rings (SSSR count). The molecule has 0 aromatic heterocycles. The highest BCUT2D eigenvalue weighted by Crippen LogP contribution is 2.27. The van der Waals surface area contributed by atoms with Gasteiger partial charge in [0.2, 0.25) is 0 Å². The van der Waals surface area contributed by atoms with Crippen LogP contribution in [0, 0.1) is 10.1 Å². The summed E-state index contributed by atoms with van der Waals surface area (Å²) in [4.78, 5) is 42.3. The largest absolute Gasteiger partial charge is 0.506 e. The molecule has 4 N–H and O–H groups in total. The Morgan fingerprint density at radius 2 is 1.33 bits per heavy atom. The fraction of sp³-hybridized carbons (Fsp3) is 0.300. The molecule has 12 heteroatoms. The lowest BCUT2D eigenvalue weighted by atomic mass is 10.0. The summed E-state index contributed by atoms with van der Waals surface area (Å²) >= 11 is 6.40. The van der Waals surface area contributed by atoms with E-state index in [0.717, 1.165) is 53.6 Å². The van der Waals surface area contributed by atoms with Crippen molar-refractivity contribution in [1.82, 2.24) is 0 Å². The zero-order chi connectivity index (χ0) is 31.1. The molecule has 0 unspecified atom stereocenters. The number of nitrogens with two attached hydrogens (primary N) is 1. The standard InChI is InChI=1S/C11H12O2.C8H7NO4.C8H9NO2.C2H4Br2.CH4/c1-8(12)9-4-5-11-10(7-9)3-2-6-13-11;1-5(10)6-2-3-8(11)7(4-6)9(12)13;1-5(10)6-2-3-8(11)7(9)4-6;3-1-2-4;/h4-5,7H,2-3,6H2,1H3;2-4,11H,1H3;2-4,11H,9H2,1H3;1-2H2;1H4. The second-order valence-electron chi connectivity index (χ2n) is 8.56. The summed E-state index contributed by atoms with van der Waals surface area (Å²) in [6.07, 6.45) is 2.07. The van der Waals surface area contributed by atoms with Crippen molar-refractivity contribution >= 4 is 60.6 Å². The molecule has 42 heavy (non-hydrogen) atoms. The Morgan fingerprint density at radius 1 is 0.857 bits per heavy atom. The van der Waals surface area contributed by atoms with Gasteiger partial charge in [-0.2, -0.15) is 0 Å². The van der Waals surface area contributed by atoms with Crippen LogP contribution in [0.3, 0.4) is 0 Å². The van der Waals surface area contributed by atoms with Crippen molar-refractivity contribution in [3.63, 3.8) is 0 Å². The fourth-order valence-electron chi connectivity index (χ4n) is 3.24. The normalized spacial score (nSPS) is 10.7. The Kier molecular flexibility index (Phi) is 17.6. The number of ether oxygens (including phenoxy) is 1. The molecule has 0 fully saturated rings. The number of nitrogen functional groups attached to an aromatic ring is 1. The van der Waals surface area contributed by atoms with Gasteiger partial charge in [0.1, 0.15) is 11.5 Å². The molecule has 1 aliphatic rings. The summed E-state index contributed by atoms with van der Waals surface area (Å²) in [7, 11) is 0. The molecule has 3 aromatic rings. The van der Waals surface area contributed by atoms with Crippen molar-refractivity contribution in [2.45, 2.75) is 41.0 Å². The number of hydrogen-bond donors (Lipinski definition) is 3. The van der Waals surface area contributed by atoms with Gasteiger partial charge in [0.25, 0.3) is 0 Å². The highest BCUT2D eigenvalue weighted by molar-refractivity contribution is 9.11. The number of rotatable bonds is 5. The predicted octanol–water partition coefficient (Wildman–Crippen LogP) is 7.31. The van der Waals surface area contributed by atoms with Crippen LogP contribution in [0.5, 0.6) is 17.2 Å². The Hall–Kier alpha value is -3.77. The maximum Gasteiger partial charge on any atom is 0.311 e. The van der Waals surface area contributed by atoms with Crippen molar-refractivity contribution in [3.8, 4) is 17.2 Å². The summed E-state index contributed by atoms with van der Waals surface area (Å²) < 4.78 is 5.45. The number of hydrogen-bond acceptors (Lipinski definition) is 9. The van der Waals surface area contributed by atoms with Gasteiger partial charge in [0.15, 0.2) is 23.1 Å². The highest BCUT2D eigenvalue weighted by Gasteiger charge is 2.15. The first kappa shape index (κ1) is 38.2. The number of ketones is 3. The molecule has 3 aromatic carbocycles. The molecule has 1 aliphatic heterocycles. The summed E-state index contributed by atoms with van der Waals surface area (Å²) in [6.45, 7) is 5.14. The Labute approximate surface area is 262 Å². The summed E-state index contributed by atoms with van der Waals surface area (Å²) in [5.41, 5.74) is 7.81.